The van der Waals surface area contributed by atoms with Crippen LogP contribution in [0.3, 0.4) is 0 Å². The molecule has 0 aliphatic heterocycles. The van der Waals surface area contributed by atoms with Gasteiger partial charge >= 0.3 is 0 Å². The van der Waals surface area contributed by atoms with Crippen LogP contribution in [0.15, 0.2) is 18.2 Å². The third kappa shape index (κ3) is 1.98. The standard InChI is InChI=1S/C15H20N2/c1-10-3-4-14-13(9-10)12(11(2)17-14)5-6-15(16)7-8-15/h3-4,9,17H,5-8,16H2,1-2H3. The van der Waals surface area contributed by atoms with Crippen LogP contribution in [0.5, 0.6) is 0 Å². The molecule has 3 N–H and O–H groups in total. The summed E-state index contributed by atoms with van der Waals surface area (Å²) in [5.41, 5.74) is 11.7. The van der Waals surface area contributed by atoms with Gasteiger partial charge in [0.25, 0.3) is 0 Å². The van der Waals surface area contributed by atoms with E-state index in [4.69, 9.17) is 5.73 Å². The maximum atomic E-state index is 6.18. The highest BCUT2D eigenvalue weighted by molar-refractivity contribution is 5.85. The van der Waals surface area contributed by atoms with Gasteiger partial charge < -0.3 is 10.7 Å². The Hall–Kier alpha value is -1.28. The third-order valence-electron chi connectivity index (χ3n) is 4.04. The van der Waals surface area contributed by atoms with Gasteiger partial charge in [0.1, 0.15) is 0 Å². The monoisotopic (exact) mass is 228 g/mol. The fourth-order valence-electron chi connectivity index (χ4n) is 2.60. The van der Waals surface area contributed by atoms with E-state index in [1.54, 1.807) is 0 Å². The first-order valence-corrected chi connectivity index (χ1v) is 6.44. The second-order valence-corrected chi connectivity index (χ2v) is 5.64. The van der Waals surface area contributed by atoms with Crippen LogP contribution in [-0.4, -0.2) is 10.5 Å². The molecule has 1 aliphatic carbocycles. The van der Waals surface area contributed by atoms with Crippen molar-refractivity contribution in [2.24, 2.45) is 5.73 Å². The first kappa shape index (κ1) is 10.8. The highest BCUT2D eigenvalue weighted by Gasteiger charge is 2.37. The van der Waals surface area contributed by atoms with Gasteiger partial charge in [0.2, 0.25) is 0 Å². The predicted octanol–water partition coefficient (Wildman–Crippen LogP) is 3.21. The molecule has 0 saturated heterocycles. The average Bonchev–Trinajstić information content (AvgIpc) is 2.92. The lowest BCUT2D eigenvalue weighted by Gasteiger charge is -2.08. The third-order valence-corrected chi connectivity index (χ3v) is 4.04. The van der Waals surface area contributed by atoms with Crippen molar-refractivity contribution in [3.8, 4) is 0 Å². The van der Waals surface area contributed by atoms with Crippen LogP contribution in [0.2, 0.25) is 0 Å². The van der Waals surface area contributed by atoms with E-state index < -0.39 is 0 Å². The van der Waals surface area contributed by atoms with E-state index in [0.29, 0.717) is 0 Å². The molecule has 0 spiro atoms. The summed E-state index contributed by atoms with van der Waals surface area (Å²) in [5, 5.41) is 1.38. The summed E-state index contributed by atoms with van der Waals surface area (Å²) in [6.07, 6.45) is 4.63. The van der Waals surface area contributed by atoms with E-state index in [2.05, 4.69) is 37.0 Å². The number of aryl methyl sites for hydroxylation is 3. The number of aromatic nitrogens is 1. The molecule has 90 valence electrons. The average molecular weight is 228 g/mol. The van der Waals surface area contributed by atoms with E-state index in [0.717, 1.165) is 12.8 Å². The summed E-state index contributed by atoms with van der Waals surface area (Å²) in [4.78, 5) is 3.47. The SMILES string of the molecule is Cc1ccc2[nH]c(C)c(CCC3(N)CC3)c2c1. The fraction of sp³-hybridized carbons (Fsp3) is 0.467. The zero-order valence-corrected chi connectivity index (χ0v) is 10.6. The van der Waals surface area contributed by atoms with E-state index in [1.807, 2.05) is 0 Å². The van der Waals surface area contributed by atoms with Gasteiger partial charge in [-0.1, -0.05) is 11.6 Å². The molecule has 3 rings (SSSR count). The van der Waals surface area contributed by atoms with Crippen molar-refractivity contribution in [1.82, 2.24) is 4.98 Å². The summed E-state index contributed by atoms with van der Waals surface area (Å²) in [5.74, 6) is 0. The highest BCUT2D eigenvalue weighted by atomic mass is 14.8. The molecule has 1 aromatic carbocycles. The number of fused-ring (bicyclic) bond motifs is 1. The molecule has 2 aromatic rings. The minimum atomic E-state index is 0.153. The molecule has 1 heterocycles. The van der Waals surface area contributed by atoms with Gasteiger partial charge in [-0.3, -0.25) is 0 Å². The first-order chi connectivity index (χ1) is 8.07. The topological polar surface area (TPSA) is 41.8 Å². The fourth-order valence-corrected chi connectivity index (χ4v) is 2.60. The number of rotatable bonds is 3. The molecule has 0 atom stereocenters. The molecule has 2 heteroatoms. The number of H-pyrrole nitrogens is 1. The van der Waals surface area contributed by atoms with Crippen LogP contribution in [0.4, 0.5) is 0 Å². The Morgan fingerprint density at radius 2 is 2.06 bits per heavy atom. The number of hydrogen-bond acceptors (Lipinski definition) is 1. The molecule has 1 fully saturated rings. The van der Waals surface area contributed by atoms with Crippen molar-refractivity contribution in [1.29, 1.82) is 0 Å². The van der Waals surface area contributed by atoms with Crippen LogP contribution < -0.4 is 5.73 Å². The van der Waals surface area contributed by atoms with Crippen molar-refractivity contribution in [3.63, 3.8) is 0 Å². The smallest absolute Gasteiger partial charge is 0.0459 e. The van der Waals surface area contributed by atoms with Gasteiger partial charge in [-0.05, 0) is 57.2 Å². The minimum absolute atomic E-state index is 0.153. The molecule has 0 unspecified atom stereocenters. The maximum Gasteiger partial charge on any atom is 0.0459 e. The van der Waals surface area contributed by atoms with Crippen molar-refractivity contribution < 1.29 is 0 Å². The second-order valence-electron chi connectivity index (χ2n) is 5.64. The van der Waals surface area contributed by atoms with Gasteiger partial charge in [0, 0.05) is 22.1 Å². The van der Waals surface area contributed by atoms with Gasteiger partial charge in [0.15, 0.2) is 0 Å². The molecule has 2 nitrogen and oxygen atoms in total. The molecule has 0 bridgehead atoms. The Kier molecular flexibility index (Phi) is 2.30. The minimum Gasteiger partial charge on any atom is -0.358 e. The molecule has 1 aliphatic rings. The molecule has 0 amide bonds. The Morgan fingerprint density at radius 1 is 1.29 bits per heavy atom. The summed E-state index contributed by atoms with van der Waals surface area (Å²) in [6, 6.07) is 6.62. The summed E-state index contributed by atoms with van der Waals surface area (Å²) >= 11 is 0. The second kappa shape index (κ2) is 3.61. The Balaban J connectivity index is 1.96. The Morgan fingerprint density at radius 3 is 2.76 bits per heavy atom. The highest BCUT2D eigenvalue weighted by Crippen LogP contribution is 2.37. The molecule has 0 radical (unpaired) electrons. The zero-order chi connectivity index (χ0) is 12.0. The maximum absolute atomic E-state index is 6.18. The Bertz CT molecular complexity index is 562. The normalized spacial score (nSPS) is 17.6. The van der Waals surface area contributed by atoms with Crippen molar-refractivity contribution in [2.45, 2.75) is 45.1 Å². The lowest BCUT2D eigenvalue weighted by molar-refractivity contribution is 0.609. The zero-order valence-electron chi connectivity index (χ0n) is 10.6. The van der Waals surface area contributed by atoms with Crippen LogP contribution in [0.1, 0.15) is 36.1 Å². The van der Waals surface area contributed by atoms with Gasteiger partial charge in [-0.15, -0.1) is 0 Å². The predicted molar refractivity (Wildman–Crippen MR) is 72.2 cm³/mol. The van der Waals surface area contributed by atoms with Crippen LogP contribution in [-0.2, 0) is 6.42 Å². The van der Waals surface area contributed by atoms with E-state index in [1.165, 1.54) is 40.6 Å². The van der Waals surface area contributed by atoms with Crippen molar-refractivity contribution >= 4 is 10.9 Å². The van der Waals surface area contributed by atoms with Crippen molar-refractivity contribution in [2.75, 3.05) is 0 Å². The molecular weight excluding hydrogens is 208 g/mol. The van der Waals surface area contributed by atoms with Crippen LogP contribution in [0.25, 0.3) is 10.9 Å². The van der Waals surface area contributed by atoms with E-state index in [9.17, 15) is 0 Å². The first-order valence-electron chi connectivity index (χ1n) is 6.44. The van der Waals surface area contributed by atoms with Gasteiger partial charge in [-0.25, -0.2) is 0 Å². The number of hydrogen-bond donors (Lipinski definition) is 2. The molecule has 1 aromatic heterocycles. The quantitative estimate of drug-likeness (QED) is 0.832. The lowest BCUT2D eigenvalue weighted by atomic mass is 10.0. The van der Waals surface area contributed by atoms with Crippen molar-refractivity contribution in [3.05, 3.63) is 35.0 Å². The summed E-state index contributed by atoms with van der Waals surface area (Å²) in [6.45, 7) is 4.32. The van der Waals surface area contributed by atoms with E-state index in [-0.39, 0.29) is 5.54 Å². The lowest BCUT2D eigenvalue weighted by Crippen LogP contribution is -2.22. The summed E-state index contributed by atoms with van der Waals surface area (Å²) < 4.78 is 0. The number of aromatic amines is 1. The summed E-state index contributed by atoms with van der Waals surface area (Å²) in [7, 11) is 0. The van der Waals surface area contributed by atoms with E-state index >= 15 is 0 Å². The number of benzene rings is 1. The largest absolute Gasteiger partial charge is 0.358 e. The molecule has 1 saturated carbocycles. The van der Waals surface area contributed by atoms with Gasteiger partial charge in [0.05, 0.1) is 0 Å². The van der Waals surface area contributed by atoms with Crippen LogP contribution in [0, 0.1) is 13.8 Å². The Labute approximate surface area is 102 Å². The van der Waals surface area contributed by atoms with Gasteiger partial charge in [-0.2, -0.15) is 0 Å². The molecular formula is C15H20N2. The molecule has 17 heavy (non-hydrogen) atoms. The number of nitrogens with two attached hydrogens (primary N) is 1. The number of nitrogens with one attached hydrogen (secondary N) is 1. The van der Waals surface area contributed by atoms with Crippen LogP contribution >= 0.6 is 0 Å².